The maximum atomic E-state index is 5.70. The molecule has 0 saturated carbocycles. The minimum Gasteiger partial charge on any atom is -0.379 e. The SMILES string of the molecule is CCNC(=NCc1ccnc2ccccc12)NCCCOCC1CCCO1.I. The number of pyridine rings is 1. The van der Waals surface area contributed by atoms with Gasteiger partial charge in [0.1, 0.15) is 0 Å². The summed E-state index contributed by atoms with van der Waals surface area (Å²) < 4.78 is 11.3. The van der Waals surface area contributed by atoms with Crippen LogP contribution in [0.25, 0.3) is 10.9 Å². The molecule has 2 N–H and O–H groups in total. The summed E-state index contributed by atoms with van der Waals surface area (Å²) in [5, 5.41) is 7.83. The van der Waals surface area contributed by atoms with E-state index in [0.717, 1.165) is 62.4 Å². The second-order valence-electron chi connectivity index (χ2n) is 6.67. The first kappa shape index (κ1) is 22.8. The summed E-state index contributed by atoms with van der Waals surface area (Å²) in [6.45, 7) is 6.68. The lowest BCUT2D eigenvalue weighted by Gasteiger charge is -2.13. The number of fused-ring (bicyclic) bond motifs is 1. The molecule has 0 aliphatic carbocycles. The van der Waals surface area contributed by atoms with Gasteiger partial charge in [-0.1, -0.05) is 18.2 Å². The number of ether oxygens (including phenoxy) is 2. The lowest BCUT2D eigenvalue weighted by atomic mass is 10.1. The van der Waals surface area contributed by atoms with Gasteiger partial charge in [0.15, 0.2) is 5.96 Å². The number of nitrogens with one attached hydrogen (secondary N) is 2. The monoisotopic (exact) mass is 498 g/mol. The lowest BCUT2D eigenvalue weighted by molar-refractivity contribution is 0.0168. The molecule has 1 saturated heterocycles. The van der Waals surface area contributed by atoms with Gasteiger partial charge in [0, 0.05) is 37.9 Å². The molecule has 1 atom stereocenters. The summed E-state index contributed by atoms with van der Waals surface area (Å²) >= 11 is 0. The van der Waals surface area contributed by atoms with E-state index in [9.17, 15) is 0 Å². The number of rotatable bonds is 9. The molecule has 7 heteroatoms. The van der Waals surface area contributed by atoms with Crippen LogP contribution in [0.2, 0.25) is 0 Å². The highest BCUT2D eigenvalue weighted by Gasteiger charge is 2.14. The minimum atomic E-state index is 0. The lowest BCUT2D eigenvalue weighted by Crippen LogP contribution is -2.38. The van der Waals surface area contributed by atoms with Crippen LogP contribution in [0.4, 0.5) is 0 Å². The number of aliphatic imine (C=N–C) groups is 1. The summed E-state index contributed by atoms with van der Waals surface area (Å²) in [5.74, 6) is 0.831. The van der Waals surface area contributed by atoms with E-state index >= 15 is 0 Å². The van der Waals surface area contributed by atoms with Crippen LogP contribution in [0.15, 0.2) is 41.5 Å². The minimum absolute atomic E-state index is 0. The van der Waals surface area contributed by atoms with Crippen LogP contribution in [-0.2, 0) is 16.0 Å². The van der Waals surface area contributed by atoms with Crippen LogP contribution in [0, 0.1) is 0 Å². The quantitative estimate of drug-likeness (QED) is 0.240. The van der Waals surface area contributed by atoms with Gasteiger partial charge < -0.3 is 20.1 Å². The van der Waals surface area contributed by atoms with Gasteiger partial charge in [-0.25, -0.2) is 4.99 Å². The summed E-state index contributed by atoms with van der Waals surface area (Å²) in [6, 6.07) is 10.2. The van der Waals surface area contributed by atoms with Gasteiger partial charge in [0.05, 0.1) is 24.8 Å². The Bertz CT molecular complexity index is 730. The van der Waals surface area contributed by atoms with Crippen molar-refractivity contribution in [3.05, 3.63) is 42.1 Å². The predicted molar refractivity (Wildman–Crippen MR) is 124 cm³/mol. The topological polar surface area (TPSA) is 67.8 Å². The van der Waals surface area contributed by atoms with E-state index in [1.807, 2.05) is 30.5 Å². The third-order valence-corrected chi connectivity index (χ3v) is 4.58. The maximum Gasteiger partial charge on any atom is 0.191 e. The van der Waals surface area contributed by atoms with Crippen molar-refractivity contribution in [2.24, 2.45) is 4.99 Å². The molecule has 0 spiro atoms. The van der Waals surface area contributed by atoms with Gasteiger partial charge in [-0.2, -0.15) is 0 Å². The van der Waals surface area contributed by atoms with E-state index in [2.05, 4.69) is 28.6 Å². The van der Waals surface area contributed by atoms with Crippen molar-refractivity contribution in [2.45, 2.75) is 38.8 Å². The summed E-state index contributed by atoms with van der Waals surface area (Å²) in [6.07, 6.45) is 5.37. The van der Waals surface area contributed by atoms with Crippen molar-refractivity contribution in [3.8, 4) is 0 Å². The molecule has 2 heterocycles. The van der Waals surface area contributed by atoms with E-state index in [4.69, 9.17) is 14.5 Å². The Labute approximate surface area is 184 Å². The molecule has 1 fully saturated rings. The fourth-order valence-corrected chi connectivity index (χ4v) is 3.17. The smallest absolute Gasteiger partial charge is 0.191 e. The average molecular weight is 498 g/mol. The van der Waals surface area contributed by atoms with Crippen LogP contribution in [-0.4, -0.2) is 50.0 Å². The number of benzene rings is 1. The Morgan fingerprint density at radius 1 is 1.29 bits per heavy atom. The summed E-state index contributed by atoms with van der Waals surface area (Å²) in [5.41, 5.74) is 2.18. The normalized spacial score (nSPS) is 16.8. The molecule has 0 radical (unpaired) electrons. The first-order chi connectivity index (χ1) is 13.4. The highest BCUT2D eigenvalue weighted by molar-refractivity contribution is 14.0. The zero-order valence-corrected chi connectivity index (χ0v) is 18.9. The molecule has 1 aliphatic rings. The van der Waals surface area contributed by atoms with Crippen LogP contribution in [0.5, 0.6) is 0 Å². The molecule has 6 nitrogen and oxygen atoms in total. The summed E-state index contributed by atoms with van der Waals surface area (Å²) in [7, 11) is 0. The van der Waals surface area contributed by atoms with Crippen LogP contribution < -0.4 is 10.6 Å². The first-order valence-electron chi connectivity index (χ1n) is 9.91. The van der Waals surface area contributed by atoms with E-state index in [1.54, 1.807) is 0 Å². The van der Waals surface area contributed by atoms with Gasteiger partial charge in [-0.05, 0) is 43.9 Å². The fraction of sp³-hybridized carbons (Fsp3) is 0.524. The molecular formula is C21H31IN4O2. The van der Waals surface area contributed by atoms with Gasteiger partial charge in [-0.3, -0.25) is 4.98 Å². The van der Waals surface area contributed by atoms with E-state index < -0.39 is 0 Å². The fourth-order valence-electron chi connectivity index (χ4n) is 3.17. The Balaban J connectivity index is 0.00000280. The second kappa shape index (κ2) is 12.9. The average Bonchev–Trinajstić information content (AvgIpc) is 3.22. The Morgan fingerprint density at radius 2 is 2.18 bits per heavy atom. The molecule has 1 aromatic heterocycles. The molecular weight excluding hydrogens is 467 g/mol. The van der Waals surface area contributed by atoms with Gasteiger partial charge in [0.2, 0.25) is 0 Å². The van der Waals surface area contributed by atoms with Crippen molar-refractivity contribution in [3.63, 3.8) is 0 Å². The largest absolute Gasteiger partial charge is 0.379 e. The second-order valence-corrected chi connectivity index (χ2v) is 6.67. The number of hydrogen-bond acceptors (Lipinski definition) is 4. The molecule has 154 valence electrons. The van der Waals surface area contributed by atoms with Gasteiger partial charge >= 0.3 is 0 Å². The maximum absolute atomic E-state index is 5.70. The van der Waals surface area contributed by atoms with Crippen molar-refractivity contribution in [1.29, 1.82) is 0 Å². The van der Waals surface area contributed by atoms with E-state index in [0.29, 0.717) is 19.3 Å². The van der Waals surface area contributed by atoms with Crippen molar-refractivity contribution in [1.82, 2.24) is 15.6 Å². The van der Waals surface area contributed by atoms with E-state index in [1.165, 1.54) is 5.56 Å². The van der Waals surface area contributed by atoms with Gasteiger partial charge in [-0.15, -0.1) is 24.0 Å². The molecule has 1 aliphatic heterocycles. The number of guanidine groups is 1. The zero-order valence-electron chi connectivity index (χ0n) is 16.5. The molecule has 3 rings (SSSR count). The number of halogens is 1. The number of aromatic nitrogens is 1. The van der Waals surface area contributed by atoms with Crippen LogP contribution in [0.3, 0.4) is 0 Å². The van der Waals surface area contributed by atoms with Crippen molar-refractivity contribution >= 4 is 40.8 Å². The van der Waals surface area contributed by atoms with Crippen molar-refractivity contribution in [2.75, 3.05) is 32.9 Å². The third-order valence-electron chi connectivity index (χ3n) is 4.58. The standard InChI is InChI=1S/C21H30N4O2.HI/c1-2-22-21(24-11-6-13-26-16-18-7-5-14-27-18)25-15-17-10-12-23-20-9-4-3-8-19(17)20;/h3-4,8-10,12,18H,2,5-7,11,13-16H2,1H3,(H2,22,24,25);1H. The molecule has 2 aromatic rings. The molecule has 28 heavy (non-hydrogen) atoms. The van der Waals surface area contributed by atoms with Gasteiger partial charge in [0.25, 0.3) is 0 Å². The molecule has 0 bridgehead atoms. The highest BCUT2D eigenvalue weighted by Crippen LogP contribution is 2.16. The summed E-state index contributed by atoms with van der Waals surface area (Å²) in [4.78, 5) is 9.13. The number of para-hydroxylation sites is 1. The Morgan fingerprint density at radius 3 is 3.00 bits per heavy atom. The molecule has 0 amide bonds. The van der Waals surface area contributed by atoms with Crippen molar-refractivity contribution < 1.29 is 9.47 Å². The highest BCUT2D eigenvalue weighted by atomic mass is 127. The van der Waals surface area contributed by atoms with E-state index in [-0.39, 0.29) is 24.0 Å². The predicted octanol–water partition coefficient (Wildman–Crippen LogP) is 3.49. The number of hydrogen-bond donors (Lipinski definition) is 2. The zero-order chi connectivity index (χ0) is 18.7. The van der Waals surface area contributed by atoms with Crippen LogP contribution >= 0.6 is 24.0 Å². The number of nitrogens with zero attached hydrogens (tertiary/aromatic N) is 2. The first-order valence-corrected chi connectivity index (χ1v) is 9.91. The Kier molecular flexibility index (Phi) is 10.5. The molecule has 1 unspecified atom stereocenters. The molecule has 1 aromatic carbocycles. The van der Waals surface area contributed by atoms with Crippen LogP contribution in [0.1, 0.15) is 31.7 Å². The third kappa shape index (κ3) is 7.18. The Hall–Kier alpha value is -1.45.